The van der Waals surface area contributed by atoms with Gasteiger partial charge in [-0.1, -0.05) is 19.4 Å². The summed E-state index contributed by atoms with van der Waals surface area (Å²) in [5.74, 6) is 0.135. The molecule has 0 N–H and O–H groups in total. The highest BCUT2D eigenvalue weighted by molar-refractivity contribution is 7.89. The normalized spacial score (nSPS) is 16.4. The number of nitrogens with zero attached hydrogens (tertiary/aromatic N) is 2. The summed E-state index contributed by atoms with van der Waals surface area (Å²) < 4.78 is 27.4. The molecule has 0 aliphatic carbocycles. The Morgan fingerprint density at radius 3 is 2.17 bits per heavy atom. The van der Waals surface area contributed by atoms with Crippen molar-refractivity contribution in [2.75, 3.05) is 26.2 Å². The van der Waals surface area contributed by atoms with Crippen molar-refractivity contribution in [3.63, 3.8) is 0 Å². The summed E-state index contributed by atoms with van der Waals surface area (Å²) in [5.41, 5.74) is 2.85. The molecule has 0 saturated carbocycles. The molecule has 1 aliphatic rings. The second-order valence-electron chi connectivity index (χ2n) is 6.59. The Bertz CT molecular complexity index is 705. The van der Waals surface area contributed by atoms with Gasteiger partial charge in [-0.3, -0.25) is 4.79 Å². The van der Waals surface area contributed by atoms with Gasteiger partial charge in [-0.15, -0.1) is 0 Å². The molecule has 2 rings (SSSR count). The number of hydrogen-bond acceptors (Lipinski definition) is 3. The molecule has 1 aromatic rings. The van der Waals surface area contributed by atoms with Gasteiger partial charge < -0.3 is 4.90 Å². The Labute approximate surface area is 145 Å². The van der Waals surface area contributed by atoms with E-state index in [-0.39, 0.29) is 5.91 Å². The summed E-state index contributed by atoms with van der Waals surface area (Å²) in [4.78, 5) is 14.2. The SMILES string of the molecule is CCCCC(=O)N1CCN(S(=O)(=O)c2cc(C)c(C)cc2C)CC1. The van der Waals surface area contributed by atoms with Crippen molar-refractivity contribution in [2.24, 2.45) is 0 Å². The zero-order valence-electron chi connectivity index (χ0n) is 15.1. The number of rotatable bonds is 5. The molecular formula is C18H28N2O3S. The number of aryl methyl sites for hydroxylation is 3. The number of benzene rings is 1. The molecule has 6 heteroatoms. The minimum absolute atomic E-state index is 0.135. The fourth-order valence-corrected chi connectivity index (χ4v) is 4.73. The van der Waals surface area contributed by atoms with Crippen LogP contribution in [-0.2, 0) is 14.8 Å². The zero-order valence-corrected chi connectivity index (χ0v) is 15.9. The van der Waals surface area contributed by atoms with Gasteiger partial charge in [-0.05, 0) is 49.9 Å². The van der Waals surface area contributed by atoms with E-state index in [0.717, 1.165) is 29.5 Å². The Kier molecular flexibility index (Phi) is 6.04. The first-order valence-corrected chi connectivity index (χ1v) is 10.1. The third kappa shape index (κ3) is 3.98. The maximum absolute atomic E-state index is 12.9. The van der Waals surface area contributed by atoms with E-state index in [9.17, 15) is 13.2 Å². The maximum Gasteiger partial charge on any atom is 0.243 e. The number of piperazine rings is 1. The van der Waals surface area contributed by atoms with Gasteiger partial charge in [0.15, 0.2) is 0 Å². The van der Waals surface area contributed by atoms with Crippen LogP contribution in [0, 0.1) is 20.8 Å². The van der Waals surface area contributed by atoms with E-state index in [2.05, 4.69) is 6.92 Å². The van der Waals surface area contributed by atoms with E-state index >= 15 is 0 Å². The number of carbonyl (C=O) groups excluding carboxylic acids is 1. The van der Waals surface area contributed by atoms with Gasteiger partial charge in [0.25, 0.3) is 0 Å². The molecule has 134 valence electrons. The first-order chi connectivity index (χ1) is 11.3. The van der Waals surface area contributed by atoms with Crippen molar-refractivity contribution >= 4 is 15.9 Å². The molecule has 0 spiro atoms. The van der Waals surface area contributed by atoms with Crippen LogP contribution in [0.25, 0.3) is 0 Å². The molecule has 0 aromatic heterocycles. The molecule has 0 radical (unpaired) electrons. The lowest BCUT2D eigenvalue weighted by molar-refractivity contribution is -0.132. The van der Waals surface area contributed by atoms with Crippen molar-refractivity contribution in [3.8, 4) is 0 Å². The summed E-state index contributed by atoms with van der Waals surface area (Å²) in [5, 5.41) is 0. The molecule has 5 nitrogen and oxygen atoms in total. The van der Waals surface area contributed by atoms with Crippen molar-refractivity contribution in [3.05, 3.63) is 28.8 Å². The number of hydrogen-bond donors (Lipinski definition) is 0. The first-order valence-electron chi connectivity index (χ1n) is 8.63. The van der Waals surface area contributed by atoms with E-state index in [1.165, 1.54) is 4.31 Å². The minimum atomic E-state index is -3.50. The predicted octanol–water partition coefficient (Wildman–Crippen LogP) is 2.63. The molecule has 1 fully saturated rings. The number of sulfonamides is 1. The van der Waals surface area contributed by atoms with Gasteiger partial charge in [-0.2, -0.15) is 4.31 Å². The van der Waals surface area contributed by atoms with E-state index in [0.29, 0.717) is 37.5 Å². The largest absolute Gasteiger partial charge is 0.340 e. The lowest BCUT2D eigenvalue weighted by atomic mass is 10.1. The molecule has 1 aliphatic heterocycles. The van der Waals surface area contributed by atoms with Crippen molar-refractivity contribution in [1.82, 2.24) is 9.21 Å². The first kappa shape index (κ1) is 18.9. The molecule has 0 bridgehead atoms. The smallest absolute Gasteiger partial charge is 0.243 e. The van der Waals surface area contributed by atoms with Gasteiger partial charge in [0, 0.05) is 32.6 Å². The maximum atomic E-state index is 12.9. The summed E-state index contributed by atoms with van der Waals surface area (Å²) in [6, 6.07) is 3.69. The van der Waals surface area contributed by atoms with E-state index in [4.69, 9.17) is 0 Å². The van der Waals surface area contributed by atoms with Crippen LogP contribution in [0.5, 0.6) is 0 Å². The van der Waals surface area contributed by atoms with Crippen LogP contribution in [0.4, 0.5) is 0 Å². The highest BCUT2D eigenvalue weighted by Gasteiger charge is 2.31. The average molecular weight is 353 g/mol. The summed E-state index contributed by atoms with van der Waals surface area (Å²) in [6.45, 7) is 9.50. The van der Waals surface area contributed by atoms with Crippen LogP contribution in [0.15, 0.2) is 17.0 Å². The lowest BCUT2D eigenvalue weighted by Gasteiger charge is -2.34. The molecule has 1 heterocycles. The van der Waals surface area contributed by atoms with Crippen LogP contribution >= 0.6 is 0 Å². The molecule has 1 amide bonds. The van der Waals surface area contributed by atoms with Crippen LogP contribution in [-0.4, -0.2) is 49.7 Å². The van der Waals surface area contributed by atoms with Gasteiger partial charge in [0.2, 0.25) is 15.9 Å². The summed E-state index contributed by atoms with van der Waals surface area (Å²) in [6.07, 6.45) is 2.44. The van der Waals surface area contributed by atoms with Gasteiger partial charge in [0.05, 0.1) is 4.90 Å². The van der Waals surface area contributed by atoms with E-state index in [1.54, 1.807) is 11.0 Å². The molecule has 24 heavy (non-hydrogen) atoms. The van der Waals surface area contributed by atoms with Crippen molar-refractivity contribution in [2.45, 2.75) is 51.9 Å². The van der Waals surface area contributed by atoms with Crippen LogP contribution in [0.2, 0.25) is 0 Å². The Balaban J connectivity index is 2.10. The van der Waals surface area contributed by atoms with E-state index in [1.807, 2.05) is 26.8 Å². The quantitative estimate of drug-likeness (QED) is 0.818. The molecule has 0 unspecified atom stereocenters. The lowest BCUT2D eigenvalue weighted by Crippen LogP contribution is -2.50. The van der Waals surface area contributed by atoms with E-state index < -0.39 is 10.0 Å². The molecule has 0 atom stereocenters. The number of unbranched alkanes of at least 4 members (excludes halogenated alkanes) is 1. The standard InChI is InChI=1S/C18H28N2O3S/c1-5-6-7-18(21)19-8-10-20(11-9-19)24(22,23)17-13-15(3)14(2)12-16(17)4/h12-13H,5-11H2,1-4H3. The fraction of sp³-hybridized carbons (Fsp3) is 0.611. The topological polar surface area (TPSA) is 57.7 Å². The van der Waals surface area contributed by atoms with Crippen molar-refractivity contribution in [1.29, 1.82) is 0 Å². The van der Waals surface area contributed by atoms with Crippen LogP contribution < -0.4 is 0 Å². The second-order valence-corrected chi connectivity index (χ2v) is 8.50. The van der Waals surface area contributed by atoms with Gasteiger partial charge >= 0.3 is 0 Å². The Hall–Kier alpha value is -1.40. The van der Waals surface area contributed by atoms with Crippen LogP contribution in [0.1, 0.15) is 42.9 Å². The number of carbonyl (C=O) groups is 1. The Morgan fingerprint density at radius 2 is 1.58 bits per heavy atom. The number of amides is 1. The Morgan fingerprint density at radius 1 is 1.00 bits per heavy atom. The molecular weight excluding hydrogens is 324 g/mol. The van der Waals surface area contributed by atoms with Crippen molar-refractivity contribution < 1.29 is 13.2 Å². The highest BCUT2D eigenvalue weighted by Crippen LogP contribution is 2.24. The second kappa shape index (κ2) is 7.66. The summed E-state index contributed by atoms with van der Waals surface area (Å²) in [7, 11) is -3.50. The third-order valence-electron chi connectivity index (χ3n) is 4.74. The predicted molar refractivity (Wildman–Crippen MR) is 95.5 cm³/mol. The minimum Gasteiger partial charge on any atom is -0.340 e. The summed E-state index contributed by atoms with van der Waals surface area (Å²) >= 11 is 0. The monoisotopic (exact) mass is 352 g/mol. The van der Waals surface area contributed by atoms with Gasteiger partial charge in [-0.25, -0.2) is 8.42 Å². The average Bonchev–Trinajstić information content (AvgIpc) is 2.55. The van der Waals surface area contributed by atoms with Gasteiger partial charge in [0.1, 0.15) is 0 Å². The highest BCUT2D eigenvalue weighted by atomic mass is 32.2. The van der Waals surface area contributed by atoms with Crippen LogP contribution in [0.3, 0.4) is 0 Å². The molecule has 1 saturated heterocycles. The fourth-order valence-electron chi connectivity index (χ4n) is 3.02. The zero-order chi connectivity index (χ0) is 17.9. The molecule has 1 aromatic carbocycles. The third-order valence-corrected chi connectivity index (χ3v) is 6.79.